The van der Waals surface area contributed by atoms with Crippen LogP contribution in [0, 0.1) is 6.92 Å². The molecular weight excluding hydrogens is 409 g/mol. The zero-order chi connectivity index (χ0) is 21.5. The molecule has 0 aliphatic heterocycles. The third-order valence-electron chi connectivity index (χ3n) is 4.53. The van der Waals surface area contributed by atoms with Crippen molar-refractivity contribution in [3.63, 3.8) is 0 Å². The van der Waals surface area contributed by atoms with E-state index in [1.54, 1.807) is 26.0 Å². The van der Waals surface area contributed by atoms with Crippen LogP contribution in [0.15, 0.2) is 53.1 Å². The number of carbonyl (C=O) groups excluding carboxylic acids is 1. The Labute approximate surface area is 179 Å². The molecule has 1 unspecified atom stereocenters. The molecule has 0 saturated carbocycles. The number of aromatic nitrogens is 1. The minimum absolute atomic E-state index is 0.311. The maximum absolute atomic E-state index is 12.5. The first kappa shape index (κ1) is 21.8. The Morgan fingerprint density at radius 2 is 1.97 bits per heavy atom. The summed E-state index contributed by atoms with van der Waals surface area (Å²) < 4.78 is 23.1. The average Bonchev–Trinajstić information content (AvgIpc) is 3.09. The van der Waals surface area contributed by atoms with Crippen LogP contribution in [-0.4, -0.2) is 24.5 Å². The second kappa shape index (κ2) is 10.2. The Balaban J connectivity index is 1.70. The van der Waals surface area contributed by atoms with Gasteiger partial charge in [0.15, 0.2) is 5.76 Å². The highest BCUT2D eigenvalue weighted by Crippen LogP contribution is 2.32. The van der Waals surface area contributed by atoms with Crippen molar-refractivity contribution < 1.29 is 18.4 Å². The minimum atomic E-state index is -0.637. The number of carbonyl (C=O) groups is 1. The van der Waals surface area contributed by atoms with E-state index in [0.29, 0.717) is 40.8 Å². The van der Waals surface area contributed by atoms with Crippen LogP contribution >= 0.6 is 11.6 Å². The van der Waals surface area contributed by atoms with Gasteiger partial charge in [0, 0.05) is 29.2 Å². The summed E-state index contributed by atoms with van der Waals surface area (Å²) in [5, 5.41) is 10.2. The van der Waals surface area contributed by atoms with E-state index in [9.17, 15) is 9.18 Å². The Morgan fingerprint density at radius 3 is 2.67 bits per heavy atom. The predicted octanol–water partition coefficient (Wildman–Crippen LogP) is 5.67. The molecule has 0 aliphatic carbocycles. The minimum Gasteiger partial charge on any atom is -0.441 e. The van der Waals surface area contributed by atoms with Gasteiger partial charge in [-0.3, -0.25) is 5.32 Å². The van der Waals surface area contributed by atoms with Gasteiger partial charge < -0.3 is 14.6 Å². The molecule has 0 fully saturated rings. The van der Waals surface area contributed by atoms with Gasteiger partial charge in [-0.25, -0.2) is 9.18 Å². The molecule has 30 heavy (non-hydrogen) atoms. The predicted molar refractivity (Wildman–Crippen MR) is 114 cm³/mol. The number of ether oxygens (including phenoxy) is 1. The van der Waals surface area contributed by atoms with Gasteiger partial charge in [-0.05, 0) is 25.5 Å². The Morgan fingerprint density at radius 1 is 1.23 bits per heavy atom. The van der Waals surface area contributed by atoms with Crippen molar-refractivity contribution in [2.75, 3.05) is 18.5 Å². The molecule has 1 heterocycles. The van der Waals surface area contributed by atoms with Gasteiger partial charge >= 0.3 is 6.09 Å². The number of benzene rings is 2. The van der Waals surface area contributed by atoms with E-state index in [0.717, 1.165) is 11.1 Å². The lowest BCUT2D eigenvalue weighted by atomic mass is 10.1. The molecule has 8 heteroatoms. The third-order valence-corrected chi connectivity index (χ3v) is 4.88. The molecule has 0 saturated heterocycles. The van der Waals surface area contributed by atoms with Crippen molar-refractivity contribution in [2.24, 2.45) is 0 Å². The second-order valence-corrected chi connectivity index (χ2v) is 7.14. The molecule has 1 aromatic heterocycles. The van der Waals surface area contributed by atoms with Gasteiger partial charge in [0.05, 0.1) is 0 Å². The number of aryl methyl sites for hydroxylation is 1. The maximum Gasteiger partial charge on any atom is 0.412 e. The number of nitrogens with one attached hydrogen (secondary N) is 2. The first-order valence-corrected chi connectivity index (χ1v) is 9.91. The first-order valence-electron chi connectivity index (χ1n) is 9.54. The normalized spacial score (nSPS) is 11.9. The van der Waals surface area contributed by atoms with Crippen LogP contribution in [-0.2, 0) is 11.3 Å². The molecule has 2 N–H and O–H groups in total. The molecular formula is C22H23ClFN3O3. The SMILES string of the molecule is Cc1noc(-c2ccc(CNCCF)cc2)c1NC(=O)OC(C)c1ccccc1Cl. The fraction of sp³-hybridized carbons (Fsp3) is 0.273. The summed E-state index contributed by atoms with van der Waals surface area (Å²) in [6.45, 7) is 3.95. The van der Waals surface area contributed by atoms with E-state index in [1.165, 1.54) is 0 Å². The Hall–Kier alpha value is -2.90. The van der Waals surface area contributed by atoms with E-state index < -0.39 is 18.9 Å². The van der Waals surface area contributed by atoms with E-state index in [-0.39, 0.29) is 0 Å². The van der Waals surface area contributed by atoms with E-state index in [4.69, 9.17) is 20.9 Å². The lowest BCUT2D eigenvalue weighted by Crippen LogP contribution is -2.17. The summed E-state index contributed by atoms with van der Waals surface area (Å²) in [7, 11) is 0. The summed E-state index contributed by atoms with van der Waals surface area (Å²) in [6.07, 6.45) is -1.17. The molecule has 3 rings (SSSR count). The lowest BCUT2D eigenvalue weighted by Gasteiger charge is -2.15. The number of halogens is 2. The van der Waals surface area contributed by atoms with Crippen molar-refractivity contribution in [2.45, 2.75) is 26.5 Å². The van der Waals surface area contributed by atoms with Crippen LogP contribution in [0.5, 0.6) is 0 Å². The first-order chi connectivity index (χ1) is 14.5. The molecule has 1 amide bonds. The zero-order valence-electron chi connectivity index (χ0n) is 16.7. The van der Waals surface area contributed by atoms with Gasteiger partial charge in [0.1, 0.15) is 24.2 Å². The number of rotatable bonds is 8. The summed E-state index contributed by atoms with van der Waals surface area (Å²) in [5.41, 5.74) is 3.44. The molecule has 6 nitrogen and oxygen atoms in total. The monoisotopic (exact) mass is 431 g/mol. The summed E-state index contributed by atoms with van der Waals surface area (Å²) in [6, 6.07) is 14.7. The molecule has 2 aromatic carbocycles. The van der Waals surface area contributed by atoms with Crippen LogP contribution in [0.1, 0.15) is 29.8 Å². The van der Waals surface area contributed by atoms with Gasteiger partial charge in [-0.15, -0.1) is 0 Å². The fourth-order valence-electron chi connectivity index (χ4n) is 2.95. The van der Waals surface area contributed by atoms with E-state index >= 15 is 0 Å². The number of hydrogen-bond acceptors (Lipinski definition) is 5. The molecule has 0 aliphatic rings. The number of alkyl halides is 1. The number of anilines is 1. The van der Waals surface area contributed by atoms with Gasteiger partial charge in [-0.1, -0.05) is 59.2 Å². The van der Waals surface area contributed by atoms with Crippen LogP contribution in [0.3, 0.4) is 0 Å². The smallest absolute Gasteiger partial charge is 0.412 e. The average molecular weight is 432 g/mol. The van der Waals surface area contributed by atoms with Gasteiger partial charge in [-0.2, -0.15) is 0 Å². The Bertz CT molecular complexity index is 992. The van der Waals surface area contributed by atoms with Crippen LogP contribution in [0.2, 0.25) is 5.02 Å². The summed E-state index contributed by atoms with van der Waals surface area (Å²) in [4.78, 5) is 12.5. The largest absolute Gasteiger partial charge is 0.441 e. The van der Waals surface area contributed by atoms with Crippen LogP contribution in [0.4, 0.5) is 14.9 Å². The third kappa shape index (κ3) is 5.37. The molecule has 1 atom stereocenters. The zero-order valence-corrected chi connectivity index (χ0v) is 17.5. The lowest BCUT2D eigenvalue weighted by molar-refractivity contribution is 0.121. The number of hydrogen-bond donors (Lipinski definition) is 2. The topological polar surface area (TPSA) is 76.4 Å². The van der Waals surface area contributed by atoms with Crippen molar-refractivity contribution in [3.05, 3.63) is 70.4 Å². The quantitative estimate of drug-likeness (QED) is 0.449. The number of nitrogens with zero attached hydrogens (tertiary/aromatic N) is 1. The van der Waals surface area contributed by atoms with E-state index in [2.05, 4.69) is 15.8 Å². The molecule has 3 aromatic rings. The highest BCUT2D eigenvalue weighted by molar-refractivity contribution is 6.31. The summed E-state index contributed by atoms with van der Waals surface area (Å²) >= 11 is 6.17. The van der Waals surface area contributed by atoms with Crippen LogP contribution in [0.25, 0.3) is 11.3 Å². The fourth-order valence-corrected chi connectivity index (χ4v) is 3.24. The standard InChI is InChI=1S/C22H23ClFN3O3/c1-14-20(26-22(28)29-15(2)18-5-3-4-6-19(18)23)21(30-27-14)17-9-7-16(8-10-17)13-25-12-11-24/h3-10,15,25H,11-13H2,1-2H3,(H,26,28). The molecule has 0 spiro atoms. The summed E-state index contributed by atoms with van der Waals surface area (Å²) in [5.74, 6) is 0.429. The maximum atomic E-state index is 12.5. The highest BCUT2D eigenvalue weighted by Gasteiger charge is 2.20. The Kier molecular flexibility index (Phi) is 7.43. The van der Waals surface area contributed by atoms with Crippen molar-refractivity contribution in [1.82, 2.24) is 10.5 Å². The van der Waals surface area contributed by atoms with Crippen LogP contribution < -0.4 is 10.6 Å². The van der Waals surface area contributed by atoms with Gasteiger partial charge in [0.2, 0.25) is 0 Å². The highest BCUT2D eigenvalue weighted by atomic mass is 35.5. The van der Waals surface area contributed by atoms with E-state index in [1.807, 2.05) is 36.4 Å². The second-order valence-electron chi connectivity index (χ2n) is 6.73. The van der Waals surface area contributed by atoms with Crippen molar-refractivity contribution in [3.8, 4) is 11.3 Å². The molecule has 0 bridgehead atoms. The molecule has 0 radical (unpaired) electrons. The molecule has 158 valence electrons. The number of amides is 1. The van der Waals surface area contributed by atoms with Gasteiger partial charge in [0.25, 0.3) is 0 Å². The van der Waals surface area contributed by atoms with Crippen molar-refractivity contribution in [1.29, 1.82) is 0 Å². The van der Waals surface area contributed by atoms with Crippen molar-refractivity contribution >= 4 is 23.4 Å².